The third-order valence-corrected chi connectivity index (χ3v) is 18.3. The average Bonchev–Trinajstić information content (AvgIpc) is 3.29. The summed E-state index contributed by atoms with van der Waals surface area (Å²) in [7, 11) is -5.07. The smallest absolute Gasteiger partial charge is 0.192 e. The predicted molar refractivity (Wildman–Crippen MR) is 169 cm³/mol. The van der Waals surface area contributed by atoms with Crippen LogP contribution in [0.4, 0.5) is 0 Å². The lowest BCUT2D eigenvalue weighted by Gasteiger charge is -2.44. The van der Waals surface area contributed by atoms with Crippen LogP contribution in [0.3, 0.4) is 0 Å². The SMILES string of the molecule is CC(C)C(C)/C=C/C(C)C1CCC2/C(=C/C3C4=C(CCC(O[Si](C)(C)C(C)(C)C)C4)CS3(=O)=O)CCCC21C. The van der Waals surface area contributed by atoms with Crippen molar-refractivity contribution in [2.24, 2.45) is 35.0 Å². The largest absolute Gasteiger partial charge is 0.414 e. The van der Waals surface area contributed by atoms with Gasteiger partial charge < -0.3 is 4.43 Å². The summed E-state index contributed by atoms with van der Waals surface area (Å²) in [5.41, 5.74) is 4.12. The van der Waals surface area contributed by atoms with Gasteiger partial charge in [0.15, 0.2) is 18.2 Å². The molecule has 0 amide bonds. The van der Waals surface area contributed by atoms with Crippen LogP contribution in [0.1, 0.15) is 107 Å². The molecule has 5 heteroatoms. The third kappa shape index (κ3) is 6.26. The highest BCUT2D eigenvalue weighted by atomic mass is 32.2. The second-order valence-corrected chi connectivity index (χ2v) is 22.7. The van der Waals surface area contributed by atoms with Crippen LogP contribution in [-0.4, -0.2) is 33.8 Å². The van der Waals surface area contributed by atoms with Gasteiger partial charge in [-0.15, -0.1) is 0 Å². The number of sulfone groups is 1. The number of rotatable bonds is 7. The number of hydrogen-bond acceptors (Lipinski definition) is 3. The molecule has 0 aromatic carbocycles. The van der Waals surface area contributed by atoms with Crippen LogP contribution in [0, 0.1) is 35.0 Å². The first-order valence-electron chi connectivity index (χ1n) is 16.0. The normalized spacial score (nSPS) is 36.0. The number of hydrogen-bond donors (Lipinski definition) is 0. The molecule has 3 nitrogen and oxygen atoms in total. The van der Waals surface area contributed by atoms with E-state index < -0.39 is 23.4 Å². The first-order valence-corrected chi connectivity index (χ1v) is 20.6. The average molecular weight is 575 g/mol. The fourth-order valence-electron chi connectivity index (χ4n) is 7.96. The van der Waals surface area contributed by atoms with Gasteiger partial charge in [-0.2, -0.15) is 0 Å². The van der Waals surface area contributed by atoms with Crippen LogP contribution >= 0.6 is 0 Å². The molecule has 1 aliphatic heterocycles. The summed E-state index contributed by atoms with van der Waals surface area (Å²) in [6.07, 6.45) is 16.0. The van der Waals surface area contributed by atoms with Crippen LogP contribution in [0.15, 0.2) is 34.9 Å². The van der Waals surface area contributed by atoms with Crippen molar-refractivity contribution < 1.29 is 12.8 Å². The third-order valence-electron chi connectivity index (χ3n) is 11.9. The molecule has 0 radical (unpaired) electrons. The maximum absolute atomic E-state index is 13.6. The van der Waals surface area contributed by atoms with Gasteiger partial charge in [-0.25, -0.2) is 8.42 Å². The van der Waals surface area contributed by atoms with Gasteiger partial charge in [0.2, 0.25) is 0 Å². The second kappa shape index (κ2) is 11.2. The molecule has 39 heavy (non-hydrogen) atoms. The Morgan fingerprint density at radius 1 is 1.03 bits per heavy atom. The maximum atomic E-state index is 13.6. The minimum absolute atomic E-state index is 0.159. The Kier molecular flexibility index (Phi) is 8.99. The zero-order valence-electron chi connectivity index (χ0n) is 26.8. The minimum Gasteiger partial charge on any atom is -0.414 e. The molecule has 4 rings (SSSR count). The minimum atomic E-state index is -3.18. The predicted octanol–water partition coefficient (Wildman–Crippen LogP) is 9.28. The molecule has 222 valence electrons. The molecular formula is C34H58O3SSi. The highest BCUT2D eigenvalue weighted by Gasteiger charge is 2.51. The first-order chi connectivity index (χ1) is 18.0. The van der Waals surface area contributed by atoms with Crippen molar-refractivity contribution in [2.45, 2.75) is 136 Å². The molecule has 7 atom stereocenters. The van der Waals surface area contributed by atoms with E-state index in [9.17, 15) is 8.42 Å². The highest BCUT2D eigenvalue weighted by molar-refractivity contribution is 7.92. The molecule has 0 spiro atoms. The Morgan fingerprint density at radius 3 is 2.36 bits per heavy atom. The van der Waals surface area contributed by atoms with Gasteiger partial charge in [-0.05, 0) is 110 Å². The van der Waals surface area contributed by atoms with Gasteiger partial charge in [0.25, 0.3) is 0 Å². The standard InChI is InChI=1S/C34H58O3SSi/c1-23(2)24(3)13-14-25(4)30-17-18-31-26(12-11-19-34(30,31)8)20-32-29-21-28(37-39(9,10)33(5,6)7)16-15-27(29)22-38(32,35)36/h13-14,20,23-25,28,30-32H,11-12,15-19,21-22H2,1-10H3/b14-13+,26-20+. The molecule has 0 saturated heterocycles. The molecule has 7 unspecified atom stereocenters. The van der Waals surface area contributed by atoms with Crippen LogP contribution in [-0.2, 0) is 14.3 Å². The maximum Gasteiger partial charge on any atom is 0.192 e. The van der Waals surface area contributed by atoms with Gasteiger partial charge in [0.1, 0.15) is 5.25 Å². The summed E-state index contributed by atoms with van der Waals surface area (Å²) in [6.45, 7) is 23.4. The first kappa shape index (κ1) is 31.3. The van der Waals surface area contributed by atoms with Gasteiger partial charge in [-0.1, -0.05) is 84.8 Å². The molecule has 0 aromatic rings. The van der Waals surface area contributed by atoms with E-state index in [2.05, 4.69) is 86.7 Å². The number of allylic oxidation sites excluding steroid dienone is 3. The van der Waals surface area contributed by atoms with Crippen molar-refractivity contribution in [3.63, 3.8) is 0 Å². The fourth-order valence-corrected chi connectivity index (χ4v) is 11.4. The van der Waals surface area contributed by atoms with Gasteiger partial charge in [-0.3, -0.25) is 0 Å². The summed E-state index contributed by atoms with van der Waals surface area (Å²) in [6, 6.07) is 0. The molecule has 0 aromatic heterocycles. The van der Waals surface area contributed by atoms with Crippen LogP contribution in [0.25, 0.3) is 0 Å². The van der Waals surface area contributed by atoms with E-state index in [4.69, 9.17) is 4.43 Å². The topological polar surface area (TPSA) is 43.4 Å². The van der Waals surface area contributed by atoms with Crippen molar-refractivity contribution in [2.75, 3.05) is 5.75 Å². The van der Waals surface area contributed by atoms with Crippen molar-refractivity contribution in [1.82, 2.24) is 0 Å². The van der Waals surface area contributed by atoms with Crippen LogP contribution in [0.5, 0.6) is 0 Å². The lowest BCUT2D eigenvalue weighted by Crippen LogP contribution is -2.44. The van der Waals surface area contributed by atoms with Crippen molar-refractivity contribution in [1.29, 1.82) is 0 Å². The molecule has 2 fully saturated rings. The quantitative estimate of drug-likeness (QED) is 0.225. The summed E-state index contributed by atoms with van der Waals surface area (Å²) < 4.78 is 34.0. The van der Waals surface area contributed by atoms with E-state index in [1.165, 1.54) is 42.4 Å². The van der Waals surface area contributed by atoms with Crippen molar-refractivity contribution >= 4 is 18.2 Å². The Morgan fingerprint density at radius 2 is 1.72 bits per heavy atom. The Hall–Kier alpha value is -0.653. The highest BCUT2D eigenvalue weighted by Crippen LogP contribution is 2.60. The zero-order valence-corrected chi connectivity index (χ0v) is 28.6. The van der Waals surface area contributed by atoms with Gasteiger partial charge >= 0.3 is 0 Å². The van der Waals surface area contributed by atoms with Gasteiger partial charge in [0, 0.05) is 6.10 Å². The molecular weight excluding hydrogens is 517 g/mol. The van der Waals surface area contributed by atoms with Gasteiger partial charge in [0.05, 0.1) is 5.75 Å². The Labute approximate surface area is 242 Å². The monoisotopic (exact) mass is 574 g/mol. The Balaban J connectivity index is 1.56. The lowest BCUT2D eigenvalue weighted by molar-refractivity contribution is 0.111. The van der Waals surface area contributed by atoms with E-state index in [0.717, 1.165) is 25.7 Å². The van der Waals surface area contributed by atoms with E-state index >= 15 is 0 Å². The summed E-state index contributed by atoms with van der Waals surface area (Å²) in [5.74, 6) is 3.31. The van der Waals surface area contributed by atoms with E-state index in [1.54, 1.807) is 0 Å². The molecule has 2 saturated carbocycles. The van der Waals surface area contributed by atoms with Crippen LogP contribution in [0.2, 0.25) is 18.1 Å². The second-order valence-electron chi connectivity index (χ2n) is 15.8. The van der Waals surface area contributed by atoms with Crippen molar-refractivity contribution in [3.05, 3.63) is 34.9 Å². The molecule has 1 heterocycles. The van der Waals surface area contributed by atoms with E-state index in [1.807, 2.05) is 0 Å². The fraction of sp³-hybridized carbons (Fsp3) is 0.824. The summed E-state index contributed by atoms with van der Waals surface area (Å²) >= 11 is 0. The molecule has 0 bridgehead atoms. The molecule has 0 N–H and O–H groups in total. The number of fused-ring (bicyclic) bond motifs is 1. The van der Waals surface area contributed by atoms with E-state index in [0.29, 0.717) is 29.6 Å². The van der Waals surface area contributed by atoms with Crippen LogP contribution < -0.4 is 0 Å². The summed E-state index contributed by atoms with van der Waals surface area (Å²) in [4.78, 5) is 0. The molecule has 3 aliphatic carbocycles. The Bertz CT molecular complexity index is 1110. The zero-order chi connectivity index (χ0) is 29.0. The van der Waals surface area contributed by atoms with Crippen molar-refractivity contribution in [3.8, 4) is 0 Å². The lowest BCUT2D eigenvalue weighted by atomic mass is 9.61. The summed E-state index contributed by atoms with van der Waals surface area (Å²) in [5, 5.41) is -0.255. The molecule has 4 aliphatic rings. The van der Waals surface area contributed by atoms with E-state index in [-0.39, 0.29) is 22.3 Å².